The highest BCUT2D eigenvalue weighted by Gasteiger charge is 2.40. The number of rotatable bonds is 10. The molecule has 3 heterocycles. The van der Waals surface area contributed by atoms with Crippen LogP contribution < -0.4 is 21.3 Å². The number of hydrogen-bond donors (Lipinski definition) is 4. The number of likely N-dealkylation sites (tertiary alicyclic amines) is 1. The monoisotopic (exact) mass is 662 g/mol. The van der Waals surface area contributed by atoms with Crippen molar-refractivity contribution in [2.75, 3.05) is 25.0 Å². The Morgan fingerprint density at radius 1 is 1.06 bits per heavy atom. The summed E-state index contributed by atoms with van der Waals surface area (Å²) in [7, 11) is 0. The van der Waals surface area contributed by atoms with Crippen LogP contribution in [-0.2, 0) is 14.4 Å². The van der Waals surface area contributed by atoms with Crippen LogP contribution in [0.5, 0.6) is 0 Å². The van der Waals surface area contributed by atoms with Crippen LogP contribution in [0.2, 0.25) is 0 Å². The highest BCUT2D eigenvalue weighted by molar-refractivity contribution is 5.98. The van der Waals surface area contributed by atoms with E-state index in [2.05, 4.69) is 26.3 Å². The van der Waals surface area contributed by atoms with Crippen molar-refractivity contribution in [2.45, 2.75) is 63.3 Å². The van der Waals surface area contributed by atoms with Crippen molar-refractivity contribution in [3.63, 3.8) is 0 Å². The molecule has 1 saturated carbocycles. The number of aromatic nitrogens is 1. The predicted octanol–water partition coefficient (Wildman–Crippen LogP) is 4.17. The fraction of sp³-hybridized carbons (Fsp3) is 0.400. The Morgan fingerprint density at radius 2 is 1.88 bits per heavy atom. The van der Waals surface area contributed by atoms with Gasteiger partial charge in [-0.1, -0.05) is 24.3 Å². The number of allylic oxidation sites excluding steroid dienone is 1. The molecule has 4 N–H and O–H groups in total. The first kappa shape index (κ1) is 33.1. The zero-order valence-electron chi connectivity index (χ0n) is 26.4. The smallest absolute Gasteiger partial charge is 0.270 e. The molecule has 1 aliphatic carbocycles. The number of hydrogen-bond acceptors (Lipinski definition) is 6. The van der Waals surface area contributed by atoms with Gasteiger partial charge in [0.15, 0.2) is 5.82 Å². The van der Waals surface area contributed by atoms with Gasteiger partial charge in [0.05, 0.1) is 36.4 Å². The van der Waals surface area contributed by atoms with Crippen molar-refractivity contribution in [3.05, 3.63) is 77.0 Å². The Labute approximate surface area is 275 Å². The molecular weight excluding hydrogens is 625 g/mol. The molecule has 48 heavy (non-hydrogen) atoms. The van der Waals surface area contributed by atoms with Gasteiger partial charge >= 0.3 is 0 Å². The van der Waals surface area contributed by atoms with Gasteiger partial charge in [-0.3, -0.25) is 19.2 Å². The summed E-state index contributed by atoms with van der Waals surface area (Å²) >= 11 is 0. The second-order valence-electron chi connectivity index (χ2n) is 12.6. The van der Waals surface area contributed by atoms with Crippen molar-refractivity contribution in [1.29, 1.82) is 0 Å². The first-order valence-corrected chi connectivity index (χ1v) is 16.2. The molecule has 10 nitrogen and oxygen atoms in total. The summed E-state index contributed by atoms with van der Waals surface area (Å²) in [6.07, 6.45) is 5.62. The van der Waals surface area contributed by atoms with Crippen LogP contribution >= 0.6 is 0 Å². The number of halogens is 3. The summed E-state index contributed by atoms with van der Waals surface area (Å²) in [6, 6.07) is 7.54. The minimum absolute atomic E-state index is 0.00121. The van der Waals surface area contributed by atoms with Crippen LogP contribution in [0.15, 0.2) is 48.5 Å². The van der Waals surface area contributed by atoms with Gasteiger partial charge in [-0.2, -0.15) is 0 Å². The highest BCUT2D eigenvalue weighted by atomic mass is 19.1. The molecule has 2 aromatic carbocycles. The number of fused-ring (bicyclic) bond motifs is 1. The van der Waals surface area contributed by atoms with E-state index >= 15 is 4.39 Å². The number of pyridine rings is 1. The van der Waals surface area contributed by atoms with E-state index in [9.17, 15) is 28.0 Å². The predicted molar refractivity (Wildman–Crippen MR) is 173 cm³/mol. The van der Waals surface area contributed by atoms with Crippen molar-refractivity contribution < 1.29 is 32.3 Å². The van der Waals surface area contributed by atoms with E-state index in [1.165, 1.54) is 36.4 Å². The highest BCUT2D eigenvalue weighted by Crippen LogP contribution is 2.34. The topological polar surface area (TPSA) is 133 Å². The molecule has 252 valence electrons. The quantitative estimate of drug-likeness (QED) is 0.258. The number of carbonyl (C=O) groups is 4. The molecule has 4 atom stereocenters. The third kappa shape index (κ3) is 7.51. The molecule has 13 heteroatoms. The molecule has 3 aromatic rings. The van der Waals surface area contributed by atoms with E-state index in [1.54, 1.807) is 19.1 Å². The van der Waals surface area contributed by atoms with Crippen LogP contribution in [0.25, 0.3) is 17.0 Å². The lowest BCUT2D eigenvalue weighted by atomic mass is 9.98. The molecule has 1 aromatic heterocycles. The molecule has 0 radical (unpaired) electrons. The minimum Gasteiger partial charge on any atom is -0.348 e. The van der Waals surface area contributed by atoms with Crippen LogP contribution in [-0.4, -0.2) is 71.4 Å². The normalized spacial score (nSPS) is 21.4. The van der Waals surface area contributed by atoms with Gasteiger partial charge in [0.25, 0.3) is 5.91 Å². The molecule has 3 unspecified atom stereocenters. The number of alkyl halides is 1. The summed E-state index contributed by atoms with van der Waals surface area (Å²) < 4.78 is 44.2. The first-order chi connectivity index (χ1) is 23.1. The fourth-order valence-electron chi connectivity index (χ4n) is 6.21. The van der Waals surface area contributed by atoms with Crippen molar-refractivity contribution in [1.82, 2.24) is 25.8 Å². The van der Waals surface area contributed by atoms with Crippen LogP contribution in [0, 0.1) is 17.6 Å². The Bertz CT molecular complexity index is 1770. The van der Waals surface area contributed by atoms with E-state index < -0.39 is 60.2 Å². The Hall–Kier alpha value is -4.78. The van der Waals surface area contributed by atoms with Gasteiger partial charge in [-0.25, -0.2) is 18.2 Å². The Balaban J connectivity index is 1.13. The van der Waals surface area contributed by atoms with Gasteiger partial charge in [-0.15, -0.1) is 0 Å². The van der Waals surface area contributed by atoms with E-state index in [-0.39, 0.29) is 35.8 Å². The number of carbonyl (C=O) groups excluding carboxylic acids is 4. The van der Waals surface area contributed by atoms with Crippen molar-refractivity contribution >= 4 is 46.3 Å². The van der Waals surface area contributed by atoms with Gasteiger partial charge in [-0.05, 0) is 81.0 Å². The average molecular weight is 663 g/mol. The lowest BCUT2D eigenvalue weighted by molar-refractivity contribution is -0.138. The van der Waals surface area contributed by atoms with Crippen molar-refractivity contribution in [3.8, 4) is 0 Å². The molecule has 2 aliphatic heterocycles. The molecule has 2 saturated heterocycles. The van der Waals surface area contributed by atoms with E-state index in [0.717, 1.165) is 24.2 Å². The molecule has 0 spiro atoms. The molecular formula is C35H37F3N6O4. The lowest BCUT2D eigenvalue weighted by Gasteiger charge is -2.26. The van der Waals surface area contributed by atoms with Crippen molar-refractivity contribution in [2.24, 2.45) is 5.92 Å². The largest absolute Gasteiger partial charge is 0.348 e. The van der Waals surface area contributed by atoms with Crippen LogP contribution in [0.4, 0.5) is 18.9 Å². The van der Waals surface area contributed by atoms with Gasteiger partial charge in [0, 0.05) is 17.4 Å². The minimum atomic E-state index is -1.48. The van der Waals surface area contributed by atoms with Gasteiger partial charge in [0.1, 0.15) is 23.7 Å². The number of nitrogens with zero attached hydrogens (tertiary/aromatic N) is 2. The molecule has 3 fully saturated rings. The molecule has 6 rings (SSSR count). The second kappa shape index (κ2) is 14.1. The third-order valence-corrected chi connectivity index (χ3v) is 8.97. The lowest BCUT2D eigenvalue weighted by Crippen LogP contribution is -2.49. The number of anilines is 1. The number of amides is 4. The maximum atomic E-state index is 16.1. The maximum Gasteiger partial charge on any atom is 0.270 e. The summed E-state index contributed by atoms with van der Waals surface area (Å²) in [4.78, 5) is 57.4. The fourth-order valence-corrected chi connectivity index (χ4v) is 6.21. The summed E-state index contributed by atoms with van der Waals surface area (Å²) in [5.41, 5.74) is 1.06. The third-order valence-electron chi connectivity index (χ3n) is 8.97. The van der Waals surface area contributed by atoms with E-state index in [1.807, 2.05) is 6.08 Å². The standard InChI is InChI=1S/C35H37F3N6O4/c1-19(31-21(7-6-20-4-5-20)8-11-26(32(31)38)43-34(47)27-3-2-14-39-27)41-35(48)29-16-24(37)18-44(29)30(45)17-40-33(46)28-12-9-22-15-23(36)10-13-25(22)42-28/h6-13,15,19-20,24,27,29,39H,2-5,14,16-18H2,1H3,(H,40,46)(H,41,48)(H,43,47)/b7-6+/t19-,24?,27?,29?/m1/s1. The number of nitrogens with one attached hydrogen (secondary N) is 4. The second-order valence-corrected chi connectivity index (χ2v) is 12.6. The summed E-state index contributed by atoms with van der Waals surface area (Å²) in [6.45, 7) is 1.43. The SMILES string of the molecule is C[C@@H](NC(=O)C1CC(F)CN1C(=O)CNC(=O)c1ccc2cc(F)ccc2n1)c1c(/C=C/C2CC2)ccc(NC(=O)C2CCCN2)c1F. The van der Waals surface area contributed by atoms with Gasteiger partial charge in [0.2, 0.25) is 17.7 Å². The van der Waals surface area contributed by atoms with Crippen LogP contribution in [0.3, 0.4) is 0 Å². The summed E-state index contributed by atoms with van der Waals surface area (Å²) in [5, 5.41) is 11.5. The summed E-state index contributed by atoms with van der Waals surface area (Å²) in [5.74, 6) is -3.09. The van der Waals surface area contributed by atoms with Gasteiger partial charge < -0.3 is 26.2 Å². The zero-order valence-corrected chi connectivity index (χ0v) is 26.4. The Kier molecular flexibility index (Phi) is 9.76. The molecule has 0 bridgehead atoms. The maximum absolute atomic E-state index is 16.1. The molecule has 3 aliphatic rings. The van der Waals surface area contributed by atoms with E-state index in [0.29, 0.717) is 35.3 Å². The molecule has 4 amide bonds. The zero-order chi connectivity index (χ0) is 33.9. The van der Waals surface area contributed by atoms with Crippen LogP contribution in [0.1, 0.15) is 66.7 Å². The first-order valence-electron chi connectivity index (χ1n) is 16.2. The average Bonchev–Trinajstić information content (AvgIpc) is 3.55. The Morgan fingerprint density at radius 3 is 2.62 bits per heavy atom. The number of benzene rings is 2. The van der Waals surface area contributed by atoms with E-state index in [4.69, 9.17) is 0 Å².